The molecule has 0 saturated carbocycles. The maximum Gasteiger partial charge on any atom is 0.253 e. The molecule has 33 heavy (non-hydrogen) atoms. The third-order valence-corrected chi connectivity index (χ3v) is 5.87. The fourth-order valence-corrected chi connectivity index (χ4v) is 3.80. The Morgan fingerprint density at radius 3 is 2.24 bits per heavy atom. The minimum absolute atomic E-state index is 0.00934. The molecule has 0 N–H and O–H groups in total. The molecule has 1 saturated heterocycles. The summed E-state index contributed by atoms with van der Waals surface area (Å²) in [7, 11) is 0. The number of aromatic nitrogens is 2. The van der Waals surface area contributed by atoms with Crippen molar-refractivity contribution in [3.63, 3.8) is 0 Å². The van der Waals surface area contributed by atoms with Crippen molar-refractivity contribution in [1.82, 2.24) is 19.9 Å². The average Bonchev–Trinajstić information content (AvgIpc) is 3.32. The number of piperazine rings is 1. The van der Waals surface area contributed by atoms with Gasteiger partial charge in [0.05, 0.1) is 0 Å². The number of hydrogen-bond acceptors (Lipinski definition) is 5. The van der Waals surface area contributed by atoms with Gasteiger partial charge in [-0.25, -0.2) is 4.39 Å². The van der Waals surface area contributed by atoms with Crippen molar-refractivity contribution < 1.29 is 18.5 Å². The number of halogens is 1. The third-order valence-electron chi connectivity index (χ3n) is 5.87. The zero-order valence-electron chi connectivity index (χ0n) is 18.8. The van der Waals surface area contributed by atoms with E-state index in [2.05, 4.69) is 36.1 Å². The highest BCUT2D eigenvalue weighted by atomic mass is 19.1. The van der Waals surface area contributed by atoms with Crippen LogP contribution in [0.4, 0.5) is 4.39 Å². The molecule has 4 rings (SSSR count). The van der Waals surface area contributed by atoms with E-state index in [1.807, 2.05) is 12.1 Å². The first kappa shape index (κ1) is 22.6. The first-order chi connectivity index (χ1) is 15.9. The smallest absolute Gasteiger partial charge is 0.253 e. The number of carbonyl (C=O) groups excluding carboxylic acids is 2. The average molecular weight is 451 g/mol. The van der Waals surface area contributed by atoms with Crippen LogP contribution in [0.1, 0.15) is 48.0 Å². The second-order valence-electron chi connectivity index (χ2n) is 8.47. The molecule has 0 radical (unpaired) electrons. The van der Waals surface area contributed by atoms with E-state index < -0.39 is 0 Å². The molecule has 3 aromatic rings. The Kier molecular flexibility index (Phi) is 6.82. The summed E-state index contributed by atoms with van der Waals surface area (Å²) in [4.78, 5) is 33.0. The van der Waals surface area contributed by atoms with Gasteiger partial charge in [-0.3, -0.25) is 9.59 Å². The van der Waals surface area contributed by atoms with Crippen molar-refractivity contribution in [3.8, 4) is 11.4 Å². The number of nitrogens with zero attached hydrogens (tertiary/aromatic N) is 4. The Hall–Kier alpha value is -3.55. The van der Waals surface area contributed by atoms with Crippen molar-refractivity contribution in [1.29, 1.82) is 0 Å². The molecule has 1 aromatic heterocycles. The molecular weight excluding hydrogens is 423 g/mol. The molecule has 0 bridgehead atoms. The van der Waals surface area contributed by atoms with Crippen LogP contribution in [0, 0.1) is 5.82 Å². The fraction of sp³-hybridized carbons (Fsp3) is 0.360. The molecule has 1 fully saturated rings. The van der Waals surface area contributed by atoms with Gasteiger partial charge in [-0.1, -0.05) is 43.3 Å². The van der Waals surface area contributed by atoms with Gasteiger partial charge in [0.15, 0.2) is 0 Å². The summed E-state index contributed by atoms with van der Waals surface area (Å²) < 4.78 is 18.4. The van der Waals surface area contributed by atoms with Gasteiger partial charge in [0, 0.05) is 50.1 Å². The lowest BCUT2D eigenvalue weighted by Gasteiger charge is -2.34. The van der Waals surface area contributed by atoms with Crippen LogP contribution in [0.3, 0.4) is 0 Å². The van der Waals surface area contributed by atoms with Crippen molar-refractivity contribution in [2.45, 2.75) is 32.6 Å². The van der Waals surface area contributed by atoms with Crippen LogP contribution >= 0.6 is 0 Å². The molecule has 2 heterocycles. The Morgan fingerprint density at radius 2 is 1.61 bits per heavy atom. The zero-order chi connectivity index (χ0) is 23.4. The SMILES string of the molecule is CC(C)c1ccc(-c2noc(CCC(=O)N3CCN(C(=O)c4ccc(F)cc4)CC3)n2)cc1. The van der Waals surface area contributed by atoms with E-state index in [9.17, 15) is 14.0 Å². The number of aryl methyl sites for hydroxylation is 1. The van der Waals surface area contributed by atoms with E-state index in [1.54, 1.807) is 9.80 Å². The number of amides is 2. The van der Waals surface area contributed by atoms with E-state index in [-0.39, 0.29) is 24.1 Å². The van der Waals surface area contributed by atoms with Gasteiger partial charge in [0.25, 0.3) is 5.91 Å². The lowest BCUT2D eigenvalue weighted by Crippen LogP contribution is -2.50. The predicted molar refractivity (Wildman–Crippen MR) is 121 cm³/mol. The maximum atomic E-state index is 13.1. The van der Waals surface area contributed by atoms with Gasteiger partial charge in [-0.05, 0) is 35.7 Å². The number of hydrogen-bond donors (Lipinski definition) is 0. The van der Waals surface area contributed by atoms with Gasteiger partial charge in [0.2, 0.25) is 17.6 Å². The minimum atomic E-state index is -0.376. The molecule has 0 spiro atoms. The number of benzene rings is 2. The number of carbonyl (C=O) groups is 2. The first-order valence-electron chi connectivity index (χ1n) is 11.2. The second-order valence-corrected chi connectivity index (χ2v) is 8.47. The van der Waals surface area contributed by atoms with E-state index in [0.29, 0.717) is 55.8 Å². The van der Waals surface area contributed by atoms with Gasteiger partial charge in [-0.2, -0.15) is 4.98 Å². The second kappa shape index (κ2) is 9.94. The highest BCUT2D eigenvalue weighted by molar-refractivity contribution is 5.94. The molecule has 172 valence electrons. The topological polar surface area (TPSA) is 79.5 Å². The minimum Gasteiger partial charge on any atom is -0.339 e. The van der Waals surface area contributed by atoms with Crippen LogP contribution in [-0.4, -0.2) is 57.9 Å². The summed E-state index contributed by atoms with van der Waals surface area (Å²) in [5.74, 6) is 0.858. The van der Waals surface area contributed by atoms with E-state index in [0.717, 1.165) is 5.56 Å². The van der Waals surface area contributed by atoms with Gasteiger partial charge in [0.1, 0.15) is 5.82 Å². The van der Waals surface area contributed by atoms with Crippen LogP contribution in [0.5, 0.6) is 0 Å². The first-order valence-corrected chi connectivity index (χ1v) is 11.2. The Bertz CT molecular complexity index is 1100. The van der Waals surface area contributed by atoms with Crippen LogP contribution in [-0.2, 0) is 11.2 Å². The Labute approximate surface area is 192 Å². The summed E-state index contributed by atoms with van der Waals surface area (Å²) in [6.45, 7) is 6.09. The molecule has 8 heteroatoms. The molecule has 0 aliphatic carbocycles. The summed E-state index contributed by atoms with van der Waals surface area (Å²) in [5, 5.41) is 4.04. The highest BCUT2D eigenvalue weighted by Gasteiger charge is 2.25. The normalized spacial score (nSPS) is 14.1. The van der Waals surface area contributed by atoms with E-state index in [4.69, 9.17) is 4.52 Å². The summed E-state index contributed by atoms with van der Waals surface area (Å²) in [6, 6.07) is 13.6. The summed E-state index contributed by atoms with van der Waals surface area (Å²) in [6.07, 6.45) is 0.629. The maximum absolute atomic E-state index is 13.1. The van der Waals surface area contributed by atoms with Crippen LogP contribution in [0.2, 0.25) is 0 Å². The van der Waals surface area contributed by atoms with E-state index >= 15 is 0 Å². The molecule has 1 aliphatic rings. The zero-order valence-corrected chi connectivity index (χ0v) is 18.8. The molecular formula is C25H27FN4O3. The third kappa shape index (κ3) is 5.45. The Morgan fingerprint density at radius 1 is 0.970 bits per heavy atom. The molecule has 2 aromatic carbocycles. The molecule has 2 amide bonds. The fourth-order valence-electron chi connectivity index (χ4n) is 3.80. The Balaban J connectivity index is 1.26. The molecule has 1 aliphatic heterocycles. The van der Waals surface area contributed by atoms with Crippen molar-refractivity contribution >= 4 is 11.8 Å². The van der Waals surface area contributed by atoms with Crippen LogP contribution in [0.15, 0.2) is 53.1 Å². The highest BCUT2D eigenvalue weighted by Crippen LogP contribution is 2.21. The van der Waals surface area contributed by atoms with Gasteiger partial charge < -0.3 is 14.3 Å². The van der Waals surface area contributed by atoms with Crippen LogP contribution in [0.25, 0.3) is 11.4 Å². The lowest BCUT2D eigenvalue weighted by atomic mass is 10.0. The lowest BCUT2D eigenvalue weighted by molar-refractivity contribution is -0.132. The number of rotatable bonds is 6. The molecule has 7 nitrogen and oxygen atoms in total. The van der Waals surface area contributed by atoms with Crippen LogP contribution < -0.4 is 0 Å². The van der Waals surface area contributed by atoms with Crippen molar-refractivity contribution in [2.75, 3.05) is 26.2 Å². The summed E-state index contributed by atoms with van der Waals surface area (Å²) in [5.41, 5.74) is 2.57. The van der Waals surface area contributed by atoms with Crippen molar-refractivity contribution in [2.24, 2.45) is 0 Å². The van der Waals surface area contributed by atoms with Gasteiger partial charge in [-0.15, -0.1) is 0 Å². The van der Waals surface area contributed by atoms with Crippen molar-refractivity contribution in [3.05, 3.63) is 71.4 Å². The molecule has 0 unspecified atom stereocenters. The quantitative estimate of drug-likeness (QED) is 0.569. The van der Waals surface area contributed by atoms with E-state index in [1.165, 1.54) is 29.8 Å². The molecule has 0 atom stereocenters. The van der Waals surface area contributed by atoms with Gasteiger partial charge >= 0.3 is 0 Å². The largest absolute Gasteiger partial charge is 0.339 e. The monoisotopic (exact) mass is 450 g/mol. The predicted octanol–water partition coefficient (Wildman–Crippen LogP) is 3.92. The standard InChI is InChI=1S/C25H27FN4O3/c1-17(2)18-3-5-19(6-4-18)24-27-22(33-28-24)11-12-23(31)29-13-15-30(16-14-29)25(32)20-7-9-21(26)10-8-20/h3-10,17H,11-16H2,1-2H3. The summed E-state index contributed by atoms with van der Waals surface area (Å²) >= 11 is 0.